The molecule has 2 aromatic carbocycles. The van der Waals surface area contributed by atoms with E-state index < -0.39 is 11.7 Å². The van der Waals surface area contributed by atoms with Crippen LogP contribution in [0.25, 0.3) is 27.4 Å². The Morgan fingerprint density at radius 1 is 1.03 bits per heavy atom. The fraction of sp³-hybridized carbons (Fsp3) is 0.192. The van der Waals surface area contributed by atoms with Gasteiger partial charge in [-0.25, -0.2) is 14.6 Å². The van der Waals surface area contributed by atoms with Gasteiger partial charge in [0.1, 0.15) is 24.2 Å². The highest BCUT2D eigenvalue weighted by Gasteiger charge is 2.30. The van der Waals surface area contributed by atoms with Gasteiger partial charge in [0.2, 0.25) is 0 Å². The fourth-order valence-corrected chi connectivity index (χ4v) is 4.81. The van der Waals surface area contributed by atoms with Crippen LogP contribution in [-0.4, -0.2) is 74.6 Å². The molecule has 1 amide bonds. The highest BCUT2D eigenvalue weighted by atomic mass is 16.5. The number of amides is 1. The largest absolute Gasteiger partial charge is 0.496 e. The van der Waals surface area contributed by atoms with Crippen molar-refractivity contribution in [3.63, 3.8) is 0 Å². The van der Waals surface area contributed by atoms with Crippen molar-refractivity contribution in [3.8, 4) is 11.4 Å². The first-order valence-electron chi connectivity index (χ1n) is 11.6. The number of nitrogens with zero attached hydrogens (tertiary/aromatic N) is 6. The standard InChI is InChI=1S/C26H23N7O3/c1-36-21-7-6-20(33-16-27-15-30-33)23-22(21)19(14-29-23)24(34)26(35)32-12-10-31(11-13-32)25-18-5-3-2-4-17(18)8-9-28-25/h2-9,14-16,29H,10-13H2,1H3. The molecule has 6 rings (SSSR count). The summed E-state index contributed by atoms with van der Waals surface area (Å²) < 4.78 is 7.11. The lowest BCUT2D eigenvalue weighted by molar-refractivity contribution is -0.126. The normalized spacial score (nSPS) is 13.9. The molecule has 10 heteroatoms. The SMILES string of the molecule is COc1ccc(-n2cncn2)c2[nH]cc(C(=O)C(=O)N3CCN(c4nccc5ccccc45)CC3)c12. The molecule has 1 saturated heterocycles. The zero-order chi connectivity index (χ0) is 24.6. The van der Waals surface area contributed by atoms with Crippen LogP contribution < -0.4 is 9.64 Å². The molecule has 1 fully saturated rings. The molecule has 36 heavy (non-hydrogen) atoms. The lowest BCUT2D eigenvalue weighted by atomic mass is 10.1. The summed E-state index contributed by atoms with van der Waals surface area (Å²) in [5.41, 5.74) is 1.61. The molecule has 0 aliphatic carbocycles. The number of aromatic amines is 1. The number of carbonyl (C=O) groups excluding carboxylic acids is 2. The number of pyridine rings is 1. The topological polar surface area (TPSA) is 109 Å². The highest BCUT2D eigenvalue weighted by Crippen LogP contribution is 2.33. The summed E-state index contributed by atoms with van der Waals surface area (Å²) in [6, 6.07) is 13.7. The first-order chi connectivity index (χ1) is 17.7. The Kier molecular flexibility index (Phi) is 5.33. The van der Waals surface area contributed by atoms with E-state index in [-0.39, 0.29) is 5.56 Å². The highest BCUT2D eigenvalue weighted by molar-refractivity contribution is 6.45. The minimum atomic E-state index is -0.577. The Morgan fingerprint density at radius 2 is 1.86 bits per heavy atom. The number of hydrogen-bond acceptors (Lipinski definition) is 7. The number of anilines is 1. The maximum absolute atomic E-state index is 13.4. The van der Waals surface area contributed by atoms with Crippen molar-refractivity contribution in [2.24, 2.45) is 0 Å². The fourth-order valence-electron chi connectivity index (χ4n) is 4.81. The Hall–Kier alpha value is -4.73. The summed E-state index contributed by atoms with van der Waals surface area (Å²) in [4.78, 5) is 42.1. The third kappa shape index (κ3) is 3.54. The van der Waals surface area contributed by atoms with Crippen molar-refractivity contribution in [1.82, 2.24) is 29.6 Å². The van der Waals surface area contributed by atoms with Crippen molar-refractivity contribution >= 4 is 39.2 Å². The summed E-state index contributed by atoms with van der Waals surface area (Å²) in [6.07, 6.45) is 6.36. The van der Waals surface area contributed by atoms with Crippen LogP contribution in [0.4, 0.5) is 5.82 Å². The van der Waals surface area contributed by atoms with Gasteiger partial charge >= 0.3 is 0 Å². The zero-order valence-corrected chi connectivity index (χ0v) is 19.6. The van der Waals surface area contributed by atoms with Gasteiger partial charge in [0, 0.05) is 44.0 Å². The maximum Gasteiger partial charge on any atom is 0.295 e. The molecule has 1 aliphatic heterocycles. The lowest BCUT2D eigenvalue weighted by Gasteiger charge is -2.35. The number of benzene rings is 2. The van der Waals surface area contributed by atoms with Crippen LogP contribution in [0, 0.1) is 0 Å². The van der Waals surface area contributed by atoms with E-state index in [1.807, 2.05) is 24.3 Å². The second kappa shape index (κ2) is 8.81. The van der Waals surface area contributed by atoms with Crippen molar-refractivity contribution in [2.75, 3.05) is 38.2 Å². The van der Waals surface area contributed by atoms with Crippen LogP contribution in [0.5, 0.6) is 5.75 Å². The molecule has 1 N–H and O–H groups in total. The van der Waals surface area contributed by atoms with Gasteiger partial charge in [-0.15, -0.1) is 0 Å². The Morgan fingerprint density at radius 3 is 2.64 bits per heavy atom. The lowest BCUT2D eigenvalue weighted by Crippen LogP contribution is -2.50. The van der Waals surface area contributed by atoms with E-state index >= 15 is 0 Å². The number of fused-ring (bicyclic) bond motifs is 2. The van der Waals surface area contributed by atoms with Crippen LogP contribution >= 0.6 is 0 Å². The Balaban J connectivity index is 1.25. The number of ether oxygens (including phenoxy) is 1. The van der Waals surface area contributed by atoms with Gasteiger partial charge in [-0.1, -0.05) is 24.3 Å². The number of hydrogen-bond donors (Lipinski definition) is 1. The van der Waals surface area contributed by atoms with Gasteiger partial charge in [0.25, 0.3) is 11.7 Å². The number of rotatable bonds is 5. The molecule has 0 spiro atoms. The number of piperazine rings is 1. The van der Waals surface area contributed by atoms with E-state index in [4.69, 9.17) is 4.74 Å². The Labute approximate surface area is 206 Å². The van der Waals surface area contributed by atoms with Crippen molar-refractivity contribution in [3.05, 3.63) is 73.1 Å². The number of aromatic nitrogens is 5. The van der Waals surface area contributed by atoms with E-state index in [2.05, 4.69) is 37.1 Å². The van der Waals surface area contributed by atoms with Crippen LogP contribution in [0.3, 0.4) is 0 Å². The predicted molar refractivity (Wildman–Crippen MR) is 135 cm³/mol. The van der Waals surface area contributed by atoms with Gasteiger partial charge in [-0.2, -0.15) is 5.10 Å². The maximum atomic E-state index is 13.4. The minimum absolute atomic E-state index is 0.270. The Bertz CT molecular complexity index is 1580. The third-order valence-electron chi connectivity index (χ3n) is 6.62. The number of methoxy groups -OCH3 is 1. The van der Waals surface area contributed by atoms with Crippen LogP contribution in [0.1, 0.15) is 10.4 Å². The van der Waals surface area contributed by atoms with Gasteiger partial charge < -0.3 is 19.5 Å². The van der Waals surface area contributed by atoms with Gasteiger partial charge in [-0.05, 0) is 23.6 Å². The van der Waals surface area contributed by atoms with Crippen LogP contribution in [0.15, 0.2) is 67.5 Å². The molecular formula is C26H23N7O3. The molecule has 3 aromatic heterocycles. The molecule has 180 valence electrons. The molecule has 0 radical (unpaired) electrons. The second-order valence-corrected chi connectivity index (χ2v) is 8.54. The number of ketones is 1. The van der Waals surface area contributed by atoms with E-state index in [0.717, 1.165) is 16.6 Å². The average Bonchev–Trinajstić information content (AvgIpc) is 3.63. The van der Waals surface area contributed by atoms with E-state index in [1.54, 1.807) is 34.4 Å². The van der Waals surface area contributed by atoms with Crippen molar-refractivity contribution in [1.29, 1.82) is 0 Å². The van der Waals surface area contributed by atoms with E-state index in [9.17, 15) is 9.59 Å². The molecule has 0 saturated carbocycles. The van der Waals surface area contributed by atoms with Gasteiger partial charge in [-0.3, -0.25) is 9.59 Å². The van der Waals surface area contributed by atoms with E-state index in [0.29, 0.717) is 48.5 Å². The number of Topliss-reactive ketones (excluding diaryl/α,β-unsaturated/α-hetero) is 1. The van der Waals surface area contributed by atoms with Crippen molar-refractivity contribution in [2.45, 2.75) is 0 Å². The molecular weight excluding hydrogens is 458 g/mol. The average molecular weight is 482 g/mol. The summed E-state index contributed by atoms with van der Waals surface area (Å²) in [7, 11) is 1.54. The summed E-state index contributed by atoms with van der Waals surface area (Å²) in [5, 5.41) is 6.92. The van der Waals surface area contributed by atoms with E-state index in [1.165, 1.54) is 13.4 Å². The molecule has 5 aromatic rings. The predicted octanol–water partition coefficient (Wildman–Crippen LogP) is 2.84. The molecule has 1 aliphatic rings. The third-order valence-corrected chi connectivity index (χ3v) is 6.62. The van der Waals surface area contributed by atoms with Crippen LogP contribution in [0.2, 0.25) is 0 Å². The second-order valence-electron chi connectivity index (χ2n) is 8.54. The summed E-state index contributed by atoms with van der Waals surface area (Å²) in [5.74, 6) is 0.285. The molecule has 10 nitrogen and oxygen atoms in total. The molecule has 4 heterocycles. The quantitative estimate of drug-likeness (QED) is 0.304. The molecule has 0 bridgehead atoms. The smallest absolute Gasteiger partial charge is 0.295 e. The first kappa shape index (κ1) is 21.8. The molecule has 0 atom stereocenters. The van der Waals surface area contributed by atoms with Gasteiger partial charge in [0.15, 0.2) is 0 Å². The summed E-state index contributed by atoms with van der Waals surface area (Å²) >= 11 is 0. The van der Waals surface area contributed by atoms with Crippen molar-refractivity contribution < 1.29 is 14.3 Å². The number of carbonyl (C=O) groups is 2. The summed E-state index contributed by atoms with van der Waals surface area (Å²) in [6.45, 7) is 2.04. The number of H-pyrrole nitrogens is 1. The molecule has 0 unspecified atom stereocenters. The number of nitrogens with one attached hydrogen (secondary N) is 1. The minimum Gasteiger partial charge on any atom is -0.496 e. The zero-order valence-electron chi connectivity index (χ0n) is 19.6. The first-order valence-corrected chi connectivity index (χ1v) is 11.6. The van der Waals surface area contributed by atoms with Gasteiger partial charge in [0.05, 0.1) is 29.3 Å². The monoisotopic (exact) mass is 481 g/mol. The van der Waals surface area contributed by atoms with Crippen LogP contribution in [-0.2, 0) is 4.79 Å².